The first kappa shape index (κ1) is 13.9. The van der Waals surface area contributed by atoms with Crippen molar-refractivity contribution in [1.29, 1.82) is 0 Å². The number of fused-ring (bicyclic) bond motifs is 1. The van der Waals surface area contributed by atoms with Crippen LogP contribution in [-0.2, 0) is 0 Å². The predicted octanol–water partition coefficient (Wildman–Crippen LogP) is 3.40. The van der Waals surface area contributed by atoms with Gasteiger partial charge < -0.3 is 10.2 Å². The summed E-state index contributed by atoms with van der Waals surface area (Å²) in [5.41, 5.74) is 3.19. The van der Waals surface area contributed by atoms with Gasteiger partial charge in [0.1, 0.15) is 11.2 Å². The first-order valence-corrected chi connectivity index (χ1v) is 8.11. The number of aromatic nitrogens is 2. The monoisotopic (exact) mass is 322 g/mol. The zero-order valence-corrected chi connectivity index (χ0v) is 13.2. The maximum Gasteiger partial charge on any atom is 0.257 e. The fourth-order valence-corrected chi connectivity index (χ4v) is 3.45. The Bertz CT molecular complexity index is 862. The fraction of sp³-hybridized carbons (Fsp3) is 0.118. The minimum Gasteiger partial charge on any atom is -0.359 e. The van der Waals surface area contributed by atoms with E-state index in [0.717, 1.165) is 22.1 Å². The van der Waals surface area contributed by atoms with Crippen molar-refractivity contribution >= 4 is 22.9 Å². The number of amides is 1. The molecule has 0 aliphatic carbocycles. The van der Waals surface area contributed by atoms with Crippen LogP contribution in [0.3, 0.4) is 0 Å². The van der Waals surface area contributed by atoms with E-state index in [9.17, 15) is 4.79 Å². The molecular formula is C17H14N4OS. The highest BCUT2D eigenvalue weighted by Gasteiger charge is 2.31. The zero-order valence-electron chi connectivity index (χ0n) is 12.4. The van der Waals surface area contributed by atoms with Crippen LogP contribution in [-0.4, -0.2) is 27.8 Å². The summed E-state index contributed by atoms with van der Waals surface area (Å²) in [6.45, 7) is 0. The molecule has 1 aliphatic rings. The number of pyridine rings is 1. The summed E-state index contributed by atoms with van der Waals surface area (Å²) in [6, 6.07) is 13.3. The molecule has 1 N–H and O–H groups in total. The average Bonchev–Trinajstić information content (AvgIpc) is 3.09. The third-order valence-corrected chi connectivity index (χ3v) is 4.73. The molecule has 5 nitrogen and oxygen atoms in total. The lowest BCUT2D eigenvalue weighted by atomic mass is 10.1. The number of carbonyl (C=O) groups is 1. The Balaban J connectivity index is 1.69. The van der Waals surface area contributed by atoms with Crippen molar-refractivity contribution in [2.24, 2.45) is 0 Å². The molecule has 3 heterocycles. The molecule has 114 valence electrons. The van der Waals surface area contributed by atoms with E-state index in [-0.39, 0.29) is 12.1 Å². The van der Waals surface area contributed by atoms with Gasteiger partial charge in [0.05, 0.1) is 17.0 Å². The van der Waals surface area contributed by atoms with E-state index in [4.69, 9.17) is 0 Å². The number of benzene rings is 1. The van der Waals surface area contributed by atoms with E-state index in [0.29, 0.717) is 5.56 Å². The Morgan fingerprint density at radius 2 is 2.00 bits per heavy atom. The van der Waals surface area contributed by atoms with Gasteiger partial charge in [0, 0.05) is 24.3 Å². The first-order valence-electron chi connectivity index (χ1n) is 7.23. The van der Waals surface area contributed by atoms with E-state index in [1.165, 1.54) is 11.3 Å². The van der Waals surface area contributed by atoms with Crippen molar-refractivity contribution in [3.05, 3.63) is 65.3 Å². The molecule has 2 aromatic heterocycles. The van der Waals surface area contributed by atoms with E-state index in [2.05, 4.69) is 15.3 Å². The summed E-state index contributed by atoms with van der Waals surface area (Å²) < 4.78 is 0. The van der Waals surface area contributed by atoms with Crippen molar-refractivity contribution in [2.45, 2.75) is 6.17 Å². The van der Waals surface area contributed by atoms with Crippen LogP contribution < -0.4 is 5.32 Å². The molecule has 1 aliphatic heterocycles. The summed E-state index contributed by atoms with van der Waals surface area (Å²) in [5, 5.41) is 6.21. The van der Waals surface area contributed by atoms with Crippen LogP contribution >= 0.6 is 11.3 Å². The second-order valence-corrected chi connectivity index (χ2v) is 6.16. The summed E-state index contributed by atoms with van der Waals surface area (Å²) in [6.07, 6.45) is 1.48. The van der Waals surface area contributed by atoms with Gasteiger partial charge in [-0.2, -0.15) is 0 Å². The van der Waals surface area contributed by atoms with Gasteiger partial charge in [0.15, 0.2) is 0 Å². The average molecular weight is 322 g/mol. The summed E-state index contributed by atoms with van der Waals surface area (Å²) in [4.78, 5) is 23.2. The number of hydrogen-bond donors (Lipinski definition) is 1. The van der Waals surface area contributed by atoms with Crippen molar-refractivity contribution in [2.75, 3.05) is 12.4 Å². The standard InChI is InChI=1S/C17H14N4OS/c1-21-15(19-12-7-3-2-6-11(12)17(21)22)14-10-23-16(20-14)13-8-4-5-9-18-13/h2-10,15,19H,1H3/t15-/m1/s1. The molecule has 0 fully saturated rings. The highest BCUT2D eigenvalue weighted by Crippen LogP contribution is 2.33. The number of nitrogens with one attached hydrogen (secondary N) is 1. The first-order chi connectivity index (χ1) is 11.2. The molecular weight excluding hydrogens is 308 g/mol. The predicted molar refractivity (Wildman–Crippen MR) is 90.2 cm³/mol. The molecule has 0 saturated heterocycles. The topological polar surface area (TPSA) is 58.1 Å². The molecule has 0 spiro atoms. The molecule has 0 unspecified atom stereocenters. The lowest BCUT2D eigenvalue weighted by Gasteiger charge is -2.34. The normalized spacial score (nSPS) is 16.8. The molecule has 23 heavy (non-hydrogen) atoms. The van der Waals surface area contributed by atoms with Crippen LogP contribution in [0.5, 0.6) is 0 Å². The van der Waals surface area contributed by atoms with Crippen LogP contribution in [0.2, 0.25) is 0 Å². The number of hydrogen-bond acceptors (Lipinski definition) is 5. The molecule has 3 aromatic rings. The number of carbonyl (C=O) groups excluding carboxylic acids is 1. The highest BCUT2D eigenvalue weighted by atomic mass is 32.1. The molecule has 6 heteroatoms. The van der Waals surface area contributed by atoms with E-state index in [1.807, 2.05) is 47.8 Å². The second kappa shape index (κ2) is 5.48. The van der Waals surface area contributed by atoms with Gasteiger partial charge in [-0.3, -0.25) is 9.78 Å². The number of thiazole rings is 1. The maximum absolute atomic E-state index is 12.5. The van der Waals surface area contributed by atoms with E-state index >= 15 is 0 Å². The molecule has 1 atom stereocenters. The van der Waals surface area contributed by atoms with Gasteiger partial charge >= 0.3 is 0 Å². The molecule has 1 amide bonds. The third-order valence-electron chi connectivity index (χ3n) is 3.84. The van der Waals surface area contributed by atoms with Gasteiger partial charge in [-0.05, 0) is 24.3 Å². The zero-order chi connectivity index (χ0) is 15.8. The van der Waals surface area contributed by atoms with E-state index in [1.54, 1.807) is 18.1 Å². The number of anilines is 1. The smallest absolute Gasteiger partial charge is 0.257 e. The molecule has 0 saturated carbocycles. The summed E-state index contributed by atoms with van der Waals surface area (Å²) in [7, 11) is 1.79. The fourth-order valence-electron chi connectivity index (χ4n) is 2.64. The maximum atomic E-state index is 12.5. The molecule has 0 bridgehead atoms. The molecule has 4 rings (SSSR count). The van der Waals surface area contributed by atoms with Crippen LogP contribution in [0.15, 0.2) is 54.0 Å². The second-order valence-electron chi connectivity index (χ2n) is 5.30. The Hall–Kier alpha value is -2.73. The minimum atomic E-state index is -0.272. The van der Waals surface area contributed by atoms with Gasteiger partial charge in [-0.15, -0.1) is 11.3 Å². The lowest BCUT2D eigenvalue weighted by Crippen LogP contribution is -2.40. The van der Waals surface area contributed by atoms with Crippen molar-refractivity contribution in [1.82, 2.24) is 14.9 Å². The minimum absolute atomic E-state index is 0.00302. The highest BCUT2D eigenvalue weighted by molar-refractivity contribution is 7.13. The Kier molecular flexibility index (Phi) is 3.31. The Labute approximate surface area is 137 Å². The van der Waals surface area contributed by atoms with Gasteiger partial charge in [-0.1, -0.05) is 18.2 Å². The molecule has 0 radical (unpaired) electrons. The largest absolute Gasteiger partial charge is 0.359 e. The van der Waals surface area contributed by atoms with Gasteiger partial charge in [0.25, 0.3) is 5.91 Å². The Morgan fingerprint density at radius 1 is 1.17 bits per heavy atom. The number of rotatable bonds is 2. The number of nitrogens with zero attached hydrogens (tertiary/aromatic N) is 3. The van der Waals surface area contributed by atoms with Gasteiger partial charge in [0.2, 0.25) is 0 Å². The van der Waals surface area contributed by atoms with E-state index < -0.39 is 0 Å². The van der Waals surface area contributed by atoms with Crippen molar-refractivity contribution in [3.8, 4) is 10.7 Å². The van der Waals surface area contributed by atoms with Crippen LogP contribution in [0.4, 0.5) is 5.69 Å². The van der Waals surface area contributed by atoms with Crippen LogP contribution in [0.25, 0.3) is 10.7 Å². The summed E-state index contributed by atoms with van der Waals surface area (Å²) in [5.74, 6) is -0.00302. The lowest BCUT2D eigenvalue weighted by molar-refractivity contribution is 0.0733. The number of para-hydroxylation sites is 1. The van der Waals surface area contributed by atoms with Crippen LogP contribution in [0.1, 0.15) is 22.2 Å². The molecule has 1 aromatic carbocycles. The third kappa shape index (κ3) is 2.37. The summed E-state index contributed by atoms with van der Waals surface area (Å²) >= 11 is 1.53. The quantitative estimate of drug-likeness (QED) is 0.785. The SMILES string of the molecule is CN1C(=O)c2ccccc2N[C@H]1c1csc(-c2ccccn2)n1. The van der Waals surface area contributed by atoms with Crippen LogP contribution in [0, 0.1) is 0 Å². The van der Waals surface area contributed by atoms with Crippen molar-refractivity contribution in [3.63, 3.8) is 0 Å². The van der Waals surface area contributed by atoms with Crippen molar-refractivity contribution < 1.29 is 4.79 Å². The van der Waals surface area contributed by atoms with Gasteiger partial charge in [-0.25, -0.2) is 4.98 Å². The Morgan fingerprint density at radius 3 is 2.83 bits per heavy atom.